The molecule has 1 heterocycles. The first-order valence-electron chi connectivity index (χ1n) is 7.57. The number of nitrogens with zero attached hydrogens (tertiary/aromatic N) is 1. The molecule has 1 aliphatic heterocycles. The summed E-state index contributed by atoms with van der Waals surface area (Å²) in [6, 6.07) is 7.24. The fraction of sp³-hybridized carbons (Fsp3) is 0.500. The van der Waals surface area contributed by atoms with Crippen LogP contribution in [0.3, 0.4) is 0 Å². The third-order valence-electron chi connectivity index (χ3n) is 3.68. The molecule has 126 valence electrons. The lowest BCUT2D eigenvalue weighted by atomic mass is 10.2. The molecular formula is C16H21IN2O3S. The largest absolute Gasteiger partial charge is 0.484 e. The number of carbonyl (C=O) groups is 2. The molecule has 2 amide bonds. The van der Waals surface area contributed by atoms with E-state index < -0.39 is 6.04 Å². The molecule has 2 atom stereocenters. The van der Waals surface area contributed by atoms with Crippen LogP contribution >= 0.6 is 34.4 Å². The van der Waals surface area contributed by atoms with Gasteiger partial charge in [-0.05, 0) is 60.2 Å². The lowest BCUT2D eigenvalue weighted by Crippen LogP contribution is -2.50. The standard InChI is InChI=1S/C16H21IN2O3S/c1-3-11(2)18-16(21)14-9-23-10-19(14)15(20)8-22-13-6-4-12(17)5-7-13/h4-7,11,14H,3,8-10H2,1-2H3,(H,18,21). The van der Waals surface area contributed by atoms with E-state index in [0.717, 1.165) is 9.99 Å². The lowest BCUT2D eigenvalue weighted by Gasteiger charge is -2.24. The molecule has 1 aromatic rings. The third-order valence-corrected chi connectivity index (χ3v) is 5.41. The van der Waals surface area contributed by atoms with Crippen LogP contribution in [0.2, 0.25) is 0 Å². The number of nitrogens with one attached hydrogen (secondary N) is 1. The first kappa shape index (κ1) is 18.4. The summed E-state index contributed by atoms with van der Waals surface area (Å²) in [6.45, 7) is 3.94. The summed E-state index contributed by atoms with van der Waals surface area (Å²) in [5.41, 5.74) is 0. The highest BCUT2D eigenvalue weighted by atomic mass is 127. The van der Waals surface area contributed by atoms with Crippen LogP contribution in [0.15, 0.2) is 24.3 Å². The van der Waals surface area contributed by atoms with Gasteiger partial charge in [-0.2, -0.15) is 0 Å². The molecule has 0 radical (unpaired) electrons. The summed E-state index contributed by atoms with van der Waals surface area (Å²) in [5, 5.41) is 2.95. The molecule has 1 fully saturated rings. The normalized spacial score (nSPS) is 18.6. The maximum absolute atomic E-state index is 12.4. The Morgan fingerprint density at radius 3 is 2.78 bits per heavy atom. The molecule has 0 aliphatic carbocycles. The van der Waals surface area contributed by atoms with Gasteiger partial charge in [0.1, 0.15) is 11.8 Å². The van der Waals surface area contributed by atoms with Gasteiger partial charge in [-0.1, -0.05) is 6.92 Å². The third kappa shape index (κ3) is 5.27. The average Bonchev–Trinajstić information content (AvgIpc) is 3.03. The number of halogens is 1. The van der Waals surface area contributed by atoms with Crippen LogP contribution in [-0.2, 0) is 9.59 Å². The van der Waals surface area contributed by atoms with Crippen LogP contribution in [0, 0.1) is 3.57 Å². The van der Waals surface area contributed by atoms with Gasteiger partial charge in [-0.15, -0.1) is 11.8 Å². The highest BCUT2D eigenvalue weighted by molar-refractivity contribution is 14.1. The Morgan fingerprint density at radius 1 is 1.43 bits per heavy atom. The molecule has 5 nitrogen and oxygen atoms in total. The molecule has 0 bridgehead atoms. The second-order valence-electron chi connectivity index (χ2n) is 5.44. The first-order valence-corrected chi connectivity index (χ1v) is 9.80. The maximum Gasteiger partial charge on any atom is 0.261 e. The monoisotopic (exact) mass is 448 g/mol. The molecule has 0 saturated carbocycles. The highest BCUT2D eigenvalue weighted by Crippen LogP contribution is 2.22. The molecule has 0 aromatic heterocycles. The molecular weight excluding hydrogens is 427 g/mol. The quantitative estimate of drug-likeness (QED) is 0.680. The van der Waals surface area contributed by atoms with E-state index in [-0.39, 0.29) is 24.5 Å². The van der Waals surface area contributed by atoms with E-state index in [2.05, 4.69) is 27.9 Å². The first-order chi connectivity index (χ1) is 11.0. The molecule has 1 aromatic carbocycles. The van der Waals surface area contributed by atoms with E-state index in [1.807, 2.05) is 38.1 Å². The summed E-state index contributed by atoms with van der Waals surface area (Å²) < 4.78 is 6.64. The molecule has 23 heavy (non-hydrogen) atoms. The topological polar surface area (TPSA) is 58.6 Å². The Kier molecular flexibility index (Phi) is 7.01. The van der Waals surface area contributed by atoms with Crippen molar-refractivity contribution in [3.63, 3.8) is 0 Å². The Hall–Kier alpha value is -0.960. The van der Waals surface area contributed by atoms with Gasteiger partial charge in [0.25, 0.3) is 5.91 Å². The minimum Gasteiger partial charge on any atom is -0.484 e. The Morgan fingerprint density at radius 2 is 2.13 bits per heavy atom. The molecule has 7 heteroatoms. The summed E-state index contributed by atoms with van der Waals surface area (Å²) in [5.74, 6) is 1.60. The molecule has 1 N–H and O–H groups in total. The van der Waals surface area contributed by atoms with Gasteiger partial charge in [0.2, 0.25) is 5.91 Å². The van der Waals surface area contributed by atoms with Gasteiger partial charge in [-0.3, -0.25) is 9.59 Å². The molecule has 2 unspecified atom stereocenters. The van der Waals surface area contributed by atoms with Crippen molar-refractivity contribution in [1.82, 2.24) is 10.2 Å². The fourth-order valence-electron chi connectivity index (χ4n) is 2.11. The number of hydrogen-bond donors (Lipinski definition) is 1. The van der Waals surface area contributed by atoms with Crippen LogP contribution in [0.5, 0.6) is 5.75 Å². The number of ether oxygens (including phenoxy) is 1. The number of hydrogen-bond acceptors (Lipinski definition) is 4. The van der Waals surface area contributed by atoms with Crippen LogP contribution in [-0.4, -0.2) is 47.0 Å². The zero-order chi connectivity index (χ0) is 16.8. The summed E-state index contributed by atoms with van der Waals surface area (Å²) in [7, 11) is 0. The van der Waals surface area contributed by atoms with Crippen LogP contribution in [0.25, 0.3) is 0 Å². The van der Waals surface area contributed by atoms with Gasteiger partial charge in [0, 0.05) is 15.4 Å². The van der Waals surface area contributed by atoms with E-state index in [4.69, 9.17) is 4.74 Å². The summed E-state index contributed by atoms with van der Waals surface area (Å²) in [4.78, 5) is 26.2. The summed E-state index contributed by atoms with van der Waals surface area (Å²) in [6.07, 6.45) is 0.871. The van der Waals surface area contributed by atoms with Crippen molar-refractivity contribution < 1.29 is 14.3 Å². The Labute approximate surface area is 154 Å². The van der Waals surface area contributed by atoms with E-state index >= 15 is 0 Å². The van der Waals surface area contributed by atoms with E-state index in [1.165, 1.54) is 0 Å². The number of carbonyl (C=O) groups excluding carboxylic acids is 2. The van der Waals surface area contributed by atoms with E-state index in [1.54, 1.807) is 16.7 Å². The van der Waals surface area contributed by atoms with Crippen LogP contribution in [0.1, 0.15) is 20.3 Å². The van der Waals surface area contributed by atoms with E-state index in [9.17, 15) is 9.59 Å². The zero-order valence-corrected chi connectivity index (χ0v) is 16.2. The van der Waals surface area contributed by atoms with Crippen LogP contribution in [0.4, 0.5) is 0 Å². The van der Waals surface area contributed by atoms with Crippen molar-refractivity contribution >= 4 is 46.2 Å². The highest BCUT2D eigenvalue weighted by Gasteiger charge is 2.35. The van der Waals surface area contributed by atoms with Crippen molar-refractivity contribution in [1.29, 1.82) is 0 Å². The van der Waals surface area contributed by atoms with Gasteiger partial charge in [0.05, 0.1) is 5.88 Å². The fourth-order valence-corrected chi connectivity index (χ4v) is 3.65. The predicted octanol–water partition coefficient (Wildman–Crippen LogP) is 2.49. The average molecular weight is 448 g/mol. The second-order valence-corrected chi connectivity index (χ2v) is 7.69. The Balaban J connectivity index is 1.89. The summed E-state index contributed by atoms with van der Waals surface area (Å²) >= 11 is 3.81. The second kappa shape index (κ2) is 8.77. The predicted molar refractivity (Wildman–Crippen MR) is 101 cm³/mol. The smallest absolute Gasteiger partial charge is 0.261 e. The minimum absolute atomic E-state index is 0.0474. The van der Waals surface area contributed by atoms with E-state index in [0.29, 0.717) is 17.4 Å². The van der Waals surface area contributed by atoms with Gasteiger partial charge in [0.15, 0.2) is 6.61 Å². The molecule has 1 aliphatic rings. The van der Waals surface area contributed by atoms with Crippen molar-refractivity contribution in [2.24, 2.45) is 0 Å². The maximum atomic E-state index is 12.4. The lowest BCUT2D eigenvalue weighted by molar-refractivity contribution is -0.139. The van der Waals surface area contributed by atoms with Gasteiger partial charge >= 0.3 is 0 Å². The van der Waals surface area contributed by atoms with Crippen molar-refractivity contribution in [2.45, 2.75) is 32.4 Å². The van der Waals surface area contributed by atoms with Gasteiger partial charge in [-0.25, -0.2) is 0 Å². The number of benzene rings is 1. The number of thioether (sulfide) groups is 1. The zero-order valence-electron chi connectivity index (χ0n) is 13.3. The molecule has 1 saturated heterocycles. The van der Waals surface area contributed by atoms with Crippen molar-refractivity contribution in [2.75, 3.05) is 18.2 Å². The SMILES string of the molecule is CCC(C)NC(=O)C1CSCN1C(=O)COc1ccc(I)cc1. The van der Waals surface area contributed by atoms with Crippen LogP contribution < -0.4 is 10.1 Å². The molecule has 2 rings (SSSR count). The van der Waals surface area contributed by atoms with Crippen molar-refractivity contribution in [3.05, 3.63) is 27.8 Å². The number of rotatable bonds is 6. The number of amides is 2. The van der Waals surface area contributed by atoms with Gasteiger partial charge < -0.3 is 15.0 Å². The molecule has 0 spiro atoms. The van der Waals surface area contributed by atoms with Crippen molar-refractivity contribution in [3.8, 4) is 5.75 Å². The minimum atomic E-state index is -0.401. The Bertz CT molecular complexity index is 553.